The fourth-order valence-electron chi connectivity index (χ4n) is 1.64. The fourth-order valence-corrected chi connectivity index (χ4v) is 3.80. The minimum atomic E-state index is -0.372. The third-order valence-electron chi connectivity index (χ3n) is 2.91. The molecule has 1 aromatic rings. The summed E-state index contributed by atoms with van der Waals surface area (Å²) in [5.41, 5.74) is 2.50. The van der Waals surface area contributed by atoms with Crippen LogP contribution in [0.1, 0.15) is 26.5 Å². The van der Waals surface area contributed by atoms with Crippen LogP contribution in [0.3, 0.4) is 0 Å². The van der Waals surface area contributed by atoms with E-state index in [2.05, 4.69) is 27.4 Å². The van der Waals surface area contributed by atoms with Gasteiger partial charge in [0.15, 0.2) is 0 Å². The Balaban J connectivity index is 3.35. The van der Waals surface area contributed by atoms with Gasteiger partial charge in [0.25, 0.3) is 5.91 Å². The van der Waals surface area contributed by atoms with Crippen molar-refractivity contribution >= 4 is 13.4 Å². The molecular formula is C11H18NOP. The first-order valence-corrected chi connectivity index (χ1v) is 6.51. The van der Waals surface area contributed by atoms with E-state index in [1.807, 2.05) is 14.1 Å². The summed E-state index contributed by atoms with van der Waals surface area (Å²) in [6.45, 7) is 8.47. The fraction of sp³-hybridized carbons (Fsp3) is 0.545. The molecule has 0 bridgehead atoms. The maximum absolute atomic E-state index is 11.9. The summed E-state index contributed by atoms with van der Waals surface area (Å²) in [6, 6.07) is 0. The lowest BCUT2D eigenvalue weighted by atomic mass is 10.1. The highest BCUT2D eigenvalue weighted by Gasteiger charge is 2.19. The molecule has 0 aromatic carbocycles. The second-order valence-electron chi connectivity index (χ2n) is 3.94. The van der Waals surface area contributed by atoms with Gasteiger partial charge in [0.2, 0.25) is 0 Å². The average Bonchev–Trinajstić information content (AvgIpc) is 2.30. The van der Waals surface area contributed by atoms with Gasteiger partial charge in [-0.1, -0.05) is 0 Å². The highest BCUT2D eigenvalue weighted by atomic mass is 31.1. The zero-order valence-electron chi connectivity index (χ0n) is 9.80. The number of carbonyl (C=O) groups is 1. The summed E-state index contributed by atoms with van der Waals surface area (Å²) in [4.78, 5) is 13.6. The van der Waals surface area contributed by atoms with Crippen molar-refractivity contribution in [2.24, 2.45) is 6.66 Å². The Kier molecular flexibility index (Phi) is 3.06. The monoisotopic (exact) mass is 211 g/mol. The molecule has 2 nitrogen and oxygen atoms in total. The maximum Gasteiger partial charge on any atom is 0.257 e. The van der Waals surface area contributed by atoms with Crippen molar-refractivity contribution in [3.63, 3.8) is 0 Å². The van der Waals surface area contributed by atoms with Crippen molar-refractivity contribution in [3.05, 3.63) is 21.7 Å². The van der Waals surface area contributed by atoms with Gasteiger partial charge in [-0.3, -0.25) is 4.79 Å². The molecule has 0 aliphatic carbocycles. The summed E-state index contributed by atoms with van der Waals surface area (Å²) in [7, 11) is 3.26. The van der Waals surface area contributed by atoms with E-state index in [4.69, 9.17) is 0 Å². The largest absolute Gasteiger partial charge is 0.344 e. The predicted octanol–water partition coefficient (Wildman–Crippen LogP) is 2.84. The van der Waals surface area contributed by atoms with Crippen molar-refractivity contribution in [2.45, 2.75) is 20.8 Å². The standard InChI is InChI=1S/C11H18NOP/c1-7-8(2)10(11(13)12(4)5)14(6)9(7)3/h1-6H3. The third-order valence-corrected chi connectivity index (χ3v) is 5.45. The zero-order chi connectivity index (χ0) is 11.0. The van der Waals surface area contributed by atoms with E-state index in [9.17, 15) is 4.79 Å². The van der Waals surface area contributed by atoms with Crippen LogP contribution in [0.4, 0.5) is 0 Å². The van der Waals surface area contributed by atoms with Gasteiger partial charge in [-0.05, 0) is 43.9 Å². The lowest BCUT2D eigenvalue weighted by Crippen LogP contribution is -2.21. The van der Waals surface area contributed by atoms with Crippen LogP contribution >= 0.6 is 7.53 Å². The molecule has 0 aliphatic rings. The Morgan fingerprint density at radius 1 is 1.14 bits per heavy atom. The van der Waals surface area contributed by atoms with Crippen LogP contribution in [0.2, 0.25) is 0 Å². The molecule has 0 radical (unpaired) electrons. The first-order chi connectivity index (χ1) is 6.37. The molecule has 1 aromatic heterocycles. The Morgan fingerprint density at radius 2 is 1.64 bits per heavy atom. The summed E-state index contributed by atoms with van der Waals surface area (Å²) >= 11 is 0. The molecule has 0 spiro atoms. The highest BCUT2D eigenvalue weighted by molar-refractivity contribution is 7.50. The molecular weight excluding hydrogens is 193 g/mol. The molecule has 0 saturated carbocycles. The molecule has 0 fully saturated rings. The number of carbonyl (C=O) groups excluding carboxylic acids is 1. The van der Waals surface area contributed by atoms with Gasteiger partial charge in [-0.25, -0.2) is 0 Å². The smallest absolute Gasteiger partial charge is 0.257 e. The van der Waals surface area contributed by atoms with E-state index in [-0.39, 0.29) is 13.4 Å². The minimum absolute atomic E-state index is 0.173. The van der Waals surface area contributed by atoms with Crippen LogP contribution in [0.25, 0.3) is 0 Å². The van der Waals surface area contributed by atoms with Gasteiger partial charge < -0.3 is 4.90 Å². The molecule has 14 heavy (non-hydrogen) atoms. The van der Waals surface area contributed by atoms with Crippen LogP contribution in [0, 0.1) is 20.8 Å². The maximum atomic E-state index is 11.9. The number of hydrogen-bond donors (Lipinski definition) is 0. The minimum Gasteiger partial charge on any atom is -0.344 e. The summed E-state index contributed by atoms with van der Waals surface area (Å²) in [5.74, 6) is 0.173. The molecule has 0 aliphatic heterocycles. The summed E-state index contributed by atoms with van der Waals surface area (Å²) in [5, 5.41) is 2.42. The van der Waals surface area contributed by atoms with E-state index >= 15 is 0 Å². The molecule has 78 valence electrons. The van der Waals surface area contributed by atoms with E-state index in [0.29, 0.717) is 0 Å². The topological polar surface area (TPSA) is 20.3 Å². The second-order valence-corrected chi connectivity index (χ2v) is 6.18. The number of amides is 1. The normalized spacial score (nSPS) is 11.7. The van der Waals surface area contributed by atoms with Crippen molar-refractivity contribution in [2.75, 3.05) is 14.1 Å². The lowest BCUT2D eigenvalue weighted by molar-refractivity contribution is 0.0831. The van der Waals surface area contributed by atoms with Crippen molar-refractivity contribution in [1.29, 1.82) is 0 Å². The second kappa shape index (κ2) is 3.78. The number of rotatable bonds is 1. The van der Waals surface area contributed by atoms with Gasteiger partial charge >= 0.3 is 0 Å². The Hall–Kier alpha value is -0.750. The zero-order valence-corrected chi connectivity index (χ0v) is 10.7. The van der Waals surface area contributed by atoms with Crippen LogP contribution in [-0.2, 0) is 6.66 Å². The molecule has 1 atom stereocenters. The van der Waals surface area contributed by atoms with Crippen molar-refractivity contribution < 1.29 is 4.79 Å². The Morgan fingerprint density at radius 3 is 1.93 bits per heavy atom. The Labute approximate surface area is 87.0 Å². The quantitative estimate of drug-likeness (QED) is 0.699. The summed E-state index contributed by atoms with van der Waals surface area (Å²) < 4.78 is 0. The van der Waals surface area contributed by atoms with E-state index in [1.54, 1.807) is 4.90 Å². The summed E-state index contributed by atoms with van der Waals surface area (Å²) in [6.07, 6.45) is 0. The van der Waals surface area contributed by atoms with Gasteiger partial charge in [0.1, 0.15) is 0 Å². The first-order valence-electron chi connectivity index (χ1n) is 4.72. The Bertz CT molecular complexity index is 352. The van der Waals surface area contributed by atoms with Gasteiger partial charge in [-0.15, -0.1) is 7.53 Å². The molecule has 1 unspecified atom stereocenters. The first kappa shape index (κ1) is 11.3. The van der Waals surface area contributed by atoms with E-state index in [0.717, 1.165) is 5.30 Å². The van der Waals surface area contributed by atoms with Crippen LogP contribution < -0.4 is 0 Å². The highest BCUT2D eigenvalue weighted by Crippen LogP contribution is 2.42. The van der Waals surface area contributed by atoms with Crippen LogP contribution in [0.5, 0.6) is 0 Å². The average molecular weight is 211 g/mol. The van der Waals surface area contributed by atoms with E-state index < -0.39 is 0 Å². The van der Waals surface area contributed by atoms with Crippen LogP contribution in [0.15, 0.2) is 0 Å². The van der Waals surface area contributed by atoms with Gasteiger partial charge in [0.05, 0.1) is 5.30 Å². The molecule has 0 saturated heterocycles. The van der Waals surface area contributed by atoms with Crippen LogP contribution in [-0.4, -0.2) is 24.9 Å². The predicted molar refractivity (Wildman–Crippen MR) is 62.4 cm³/mol. The molecule has 1 heterocycles. The number of hydrogen-bond acceptors (Lipinski definition) is 1. The lowest BCUT2D eigenvalue weighted by Gasteiger charge is -2.11. The molecule has 0 N–H and O–H groups in total. The third kappa shape index (κ3) is 1.59. The molecule has 1 rings (SSSR count). The number of nitrogens with zero attached hydrogens (tertiary/aromatic N) is 1. The van der Waals surface area contributed by atoms with Gasteiger partial charge in [0, 0.05) is 14.1 Å². The SMILES string of the molecule is Cc1c(C)c(C(=O)N(C)C)p(C)c1C. The van der Waals surface area contributed by atoms with Gasteiger partial charge in [-0.2, -0.15) is 0 Å². The van der Waals surface area contributed by atoms with E-state index in [1.165, 1.54) is 16.4 Å². The van der Waals surface area contributed by atoms with Crippen molar-refractivity contribution in [1.82, 2.24) is 4.90 Å². The molecule has 1 amide bonds. The van der Waals surface area contributed by atoms with Crippen molar-refractivity contribution in [3.8, 4) is 0 Å². The molecule has 3 heteroatoms.